The van der Waals surface area contributed by atoms with E-state index in [2.05, 4.69) is 24.5 Å². The van der Waals surface area contributed by atoms with Crippen LogP contribution in [0, 0.1) is 0 Å². The van der Waals surface area contributed by atoms with Gasteiger partial charge in [0.2, 0.25) is 5.91 Å². The summed E-state index contributed by atoms with van der Waals surface area (Å²) in [5.41, 5.74) is -0.262. The van der Waals surface area contributed by atoms with Crippen molar-refractivity contribution in [3.63, 3.8) is 0 Å². The Bertz CT molecular complexity index is 169. The van der Waals surface area contributed by atoms with E-state index in [1.165, 1.54) is 0 Å². The average molecular weight is 214 g/mol. The molecule has 1 saturated heterocycles. The first-order valence-electron chi connectivity index (χ1n) is 6.28. The average Bonchev–Trinajstić information content (AvgIpc) is 2.26. The van der Waals surface area contributed by atoms with E-state index in [1.54, 1.807) is 0 Å². The third-order valence-corrected chi connectivity index (χ3v) is 2.66. The minimum atomic E-state index is -0.262. The van der Waals surface area contributed by atoms with Crippen LogP contribution in [0.2, 0.25) is 0 Å². The van der Waals surface area contributed by atoms with Crippen LogP contribution in [0.3, 0.4) is 0 Å². The van der Waals surface area contributed by atoms with E-state index >= 15 is 0 Å². The van der Waals surface area contributed by atoms with Crippen molar-refractivity contribution in [1.82, 2.24) is 10.6 Å². The molecule has 1 fully saturated rings. The van der Waals surface area contributed by atoms with Crippen molar-refractivity contribution in [2.24, 2.45) is 0 Å². The maximum atomic E-state index is 11.7. The maximum Gasteiger partial charge on any atom is 0.240 e. The number of piperazine rings is 1. The summed E-state index contributed by atoms with van der Waals surface area (Å²) >= 11 is 0. The SMILES string of the molecule is CC.CCCC1(CCC)NCCNC1=O. The van der Waals surface area contributed by atoms with E-state index in [-0.39, 0.29) is 11.4 Å². The maximum absolute atomic E-state index is 11.7. The normalized spacial score (nSPS) is 18.8. The summed E-state index contributed by atoms with van der Waals surface area (Å²) < 4.78 is 0. The van der Waals surface area contributed by atoms with Gasteiger partial charge in [-0.2, -0.15) is 0 Å². The zero-order valence-corrected chi connectivity index (χ0v) is 10.7. The molecule has 0 atom stereocenters. The second-order valence-corrected chi connectivity index (χ2v) is 3.76. The lowest BCUT2D eigenvalue weighted by Gasteiger charge is -2.37. The summed E-state index contributed by atoms with van der Waals surface area (Å²) in [6.07, 6.45) is 4.01. The number of carbonyl (C=O) groups excluding carboxylic acids is 1. The first kappa shape index (κ1) is 14.4. The number of amides is 1. The third kappa shape index (κ3) is 3.82. The number of rotatable bonds is 4. The quantitative estimate of drug-likeness (QED) is 0.752. The summed E-state index contributed by atoms with van der Waals surface area (Å²) in [6.45, 7) is 9.93. The van der Waals surface area contributed by atoms with Crippen molar-refractivity contribution < 1.29 is 4.79 Å². The van der Waals surface area contributed by atoms with Gasteiger partial charge in [0.25, 0.3) is 0 Å². The summed E-state index contributed by atoms with van der Waals surface area (Å²) in [5.74, 6) is 0.197. The van der Waals surface area contributed by atoms with E-state index < -0.39 is 0 Å². The van der Waals surface area contributed by atoms with Crippen LogP contribution in [0.15, 0.2) is 0 Å². The number of carbonyl (C=O) groups is 1. The highest BCUT2D eigenvalue weighted by atomic mass is 16.2. The molecule has 1 aliphatic rings. The van der Waals surface area contributed by atoms with Gasteiger partial charge in [-0.25, -0.2) is 0 Å². The van der Waals surface area contributed by atoms with Gasteiger partial charge in [-0.1, -0.05) is 40.5 Å². The minimum Gasteiger partial charge on any atom is -0.353 e. The van der Waals surface area contributed by atoms with Crippen LogP contribution in [0.1, 0.15) is 53.4 Å². The van der Waals surface area contributed by atoms with E-state index in [0.717, 1.165) is 38.8 Å². The van der Waals surface area contributed by atoms with E-state index in [4.69, 9.17) is 0 Å². The van der Waals surface area contributed by atoms with Gasteiger partial charge >= 0.3 is 0 Å². The second kappa shape index (κ2) is 7.69. The molecule has 3 nitrogen and oxygen atoms in total. The molecule has 0 aromatic carbocycles. The van der Waals surface area contributed by atoms with Crippen molar-refractivity contribution in [1.29, 1.82) is 0 Å². The van der Waals surface area contributed by atoms with Crippen LogP contribution in [0.25, 0.3) is 0 Å². The summed E-state index contributed by atoms with van der Waals surface area (Å²) in [7, 11) is 0. The van der Waals surface area contributed by atoms with Crippen molar-refractivity contribution >= 4 is 5.91 Å². The van der Waals surface area contributed by atoms with Crippen LogP contribution in [-0.4, -0.2) is 24.5 Å². The van der Waals surface area contributed by atoms with Crippen LogP contribution < -0.4 is 10.6 Å². The summed E-state index contributed by atoms with van der Waals surface area (Å²) in [4.78, 5) is 11.7. The van der Waals surface area contributed by atoms with E-state index in [9.17, 15) is 4.79 Å². The van der Waals surface area contributed by atoms with Gasteiger partial charge in [-0.3, -0.25) is 4.79 Å². The Kier molecular flexibility index (Phi) is 7.39. The van der Waals surface area contributed by atoms with Gasteiger partial charge in [-0.15, -0.1) is 0 Å². The van der Waals surface area contributed by atoms with Gasteiger partial charge in [0.1, 0.15) is 0 Å². The van der Waals surface area contributed by atoms with Gasteiger partial charge in [0, 0.05) is 13.1 Å². The fourth-order valence-electron chi connectivity index (χ4n) is 2.11. The lowest BCUT2D eigenvalue weighted by molar-refractivity contribution is -0.130. The van der Waals surface area contributed by atoms with Crippen molar-refractivity contribution in [3.05, 3.63) is 0 Å². The molecular formula is C12H26N2O. The topological polar surface area (TPSA) is 41.1 Å². The van der Waals surface area contributed by atoms with Crippen LogP contribution >= 0.6 is 0 Å². The summed E-state index contributed by atoms with van der Waals surface area (Å²) in [6, 6.07) is 0. The fraction of sp³-hybridized carbons (Fsp3) is 0.917. The third-order valence-electron chi connectivity index (χ3n) is 2.66. The largest absolute Gasteiger partial charge is 0.353 e. The molecule has 0 aromatic rings. The second-order valence-electron chi connectivity index (χ2n) is 3.76. The molecule has 0 bridgehead atoms. The molecule has 1 aliphatic heterocycles. The Balaban J connectivity index is 0.000000921. The van der Waals surface area contributed by atoms with Crippen LogP contribution in [-0.2, 0) is 4.79 Å². The molecule has 1 heterocycles. The Morgan fingerprint density at radius 3 is 2.07 bits per heavy atom. The highest BCUT2D eigenvalue weighted by Gasteiger charge is 2.37. The molecule has 2 N–H and O–H groups in total. The fourth-order valence-corrected chi connectivity index (χ4v) is 2.11. The first-order chi connectivity index (χ1) is 7.25. The Morgan fingerprint density at radius 2 is 1.67 bits per heavy atom. The highest BCUT2D eigenvalue weighted by molar-refractivity contribution is 5.87. The Hall–Kier alpha value is -0.570. The minimum absolute atomic E-state index is 0.197. The van der Waals surface area contributed by atoms with E-state index in [1.807, 2.05) is 13.8 Å². The van der Waals surface area contributed by atoms with E-state index in [0.29, 0.717) is 0 Å². The molecule has 1 amide bonds. The molecule has 0 aromatic heterocycles. The lowest BCUT2D eigenvalue weighted by atomic mass is 9.86. The molecule has 0 aliphatic carbocycles. The van der Waals surface area contributed by atoms with Crippen molar-refractivity contribution in [2.45, 2.75) is 58.9 Å². The van der Waals surface area contributed by atoms with Gasteiger partial charge < -0.3 is 10.6 Å². The lowest BCUT2D eigenvalue weighted by Crippen LogP contribution is -2.63. The van der Waals surface area contributed by atoms with Crippen molar-refractivity contribution in [3.8, 4) is 0 Å². The number of nitrogens with one attached hydrogen (secondary N) is 2. The summed E-state index contributed by atoms with van der Waals surface area (Å²) in [5, 5.41) is 6.31. The molecule has 3 heteroatoms. The van der Waals surface area contributed by atoms with Crippen molar-refractivity contribution in [2.75, 3.05) is 13.1 Å². The molecule has 0 unspecified atom stereocenters. The number of hydrogen-bond donors (Lipinski definition) is 2. The standard InChI is InChI=1S/C10H20N2O.C2H6/c1-3-5-10(6-4-2)9(13)11-7-8-12-10;1-2/h12H,3-8H2,1-2H3,(H,11,13);1-2H3. The zero-order chi connectivity index (χ0) is 11.7. The number of hydrogen-bond acceptors (Lipinski definition) is 2. The molecule has 15 heavy (non-hydrogen) atoms. The molecule has 0 radical (unpaired) electrons. The molecule has 90 valence electrons. The first-order valence-corrected chi connectivity index (χ1v) is 6.28. The Morgan fingerprint density at radius 1 is 1.13 bits per heavy atom. The van der Waals surface area contributed by atoms with Gasteiger partial charge in [-0.05, 0) is 12.8 Å². The molecule has 0 saturated carbocycles. The van der Waals surface area contributed by atoms with Gasteiger partial charge in [0.15, 0.2) is 0 Å². The molecule has 0 spiro atoms. The monoisotopic (exact) mass is 214 g/mol. The van der Waals surface area contributed by atoms with Gasteiger partial charge in [0.05, 0.1) is 5.54 Å². The molecular weight excluding hydrogens is 188 g/mol. The smallest absolute Gasteiger partial charge is 0.240 e. The van der Waals surface area contributed by atoms with Crippen LogP contribution in [0.5, 0.6) is 0 Å². The predicted molar refractivity (Wildman–Crippen MR) is 64.9 cm³/mol. The highest BCUT2D eigenvalue weighted by Crippen LogP contribution is 2.21. The van der Waals surface area contributed by atoms with Crippen LogP contribution in [0.4, 0.5) is 0 Å². The predicted octanol–water partition coefficient (Wildman–Crippen LogP) is 2.07. The molecule has 1 rings (SSSR count). The zero-order valence-electron chi connectivity index (χ0n) is 10.7. The Labute approximate surface area is 94.0 Å².